The van der Waals surface area contributed by atoms with Crippen LogP contribution in [0.2, 0.25) is 0 Å². The minimum Gasteiger partial charge on any atom is -0.303 e. The summed E-state index contributed by atoms with van der Waals surface area (Å²) in [4.78, 5) is 39.1. The number of carbonyl (C=O) groups excluding carboxylic acids is 3. The third kappa shape index (κ3) is 2.77. The van der Waals surface area contributed by atoms with Gasteiger partial charge in [0.1, 0.15) is 12.1 Å². The van der Waals surface area contributed by atoms with Crippen LogP contribution < -0.4 is 0 Å². The Morgan fingerprint density at radius 2 is 1.55 bits per heavy atom. The molecule has 0 saturated heterocycles. The number of hydrogen-bond donors (Lipinski definition) is 0. The molecule has 0 bridgehead atoms. The lowest BCUT2D eigenvalue weighted by Gasteiger charge is -2.69. The predicted molar refractivity (Wildman–Crippen MR) is 131 cm³/mol. The molecule has 5 rings (SSSR count). The highest BCUT2D eigenvalue weighted by atomic mass is 16.1. The number of Topliss-reactive ketones (excluding diaryl/α,β-unsaturated/α-hetero) is 1. The zero-order valence-corrected chi connectivity index (χ0v) is 22.0. The van der Waals surface area contributed by atoms with E-state index in [1.54, 1.807) is 0 Å². The Morgan fingerprint density at radius 3 is 2.21 bits per heavy atom. The summed E-state index contributed by atoms with van der Waals surface area (Å²) in [6, 6.07) is 0. The molecule has 8 atom stereocenters. The smallest absolute Gasteiger partial charge is 0.159 e. The molecule has 182 valence electrons. The van der Waals surface area contributed by atoms with Crippen molar-refractivity contribution in [2.45, 2.75) is 106 Å². The highest BCUT2D eigenvalue weighted by Crippen LogP contribution is 2.74. The second kappa shape index (κ2) is 6.70. The van der Waals surface area contributed by atoms with Crippen molar-refractivity contribution in [3.05, 3.63) is 11.6 Å². The lowest BCUT2D eigenvalue weighted by Crippen LogP contribution is -2.66. The van der Waals surface area contributed by atoms with E-state index in [0.29, 0.717) is 23.9 Å². The van der Waals surface area contributed by atoms with Crippen LogP contribution in [-0.2, 0) is 14.4 Å². The zero-order chi connectivity index (χ0) is 24.2. The minimum atomic E-state index is -0.347. The SMILES string of the molecule is CC1(C)C(=O)CC[C@]2(C)[C@H]3C(=O)C=C4[C@H]5C[C@@](C)(C=O)CC[C@]5(C)CC[C@@]4(C)[C@]3(C)CC[C@@H]12. The molecule has 4 saturated carbocycles. The summed E-state index contributed by atoms with van der Waals surface area (Å²) in [5.41, 5.74) is 0.694. The maximum Gasteiger partial charge on any atom is 0.159 e. The highest BCUT2D eigenvalue weighted by molar-refractivity contribution is 5.96. The molecule has 0 amide bonds. The average Bonchev–Trinajstić information content (AvgIpc) is 2.74. The van der Waals surface area contributed by atoms with Gasteiger partial charge in [-0.25, -0.2) is 0 Å². The molecule has 3 nitrogen and oxygen atoms in total. The van der Waals surface area contributed by atoms with E-state index >= 15 is 0 Å². The maximum absolute atomic E-state index is 14.2. The Bertz CT molecular complexity index is 960. The minimum absolute atomic E-state index is 0.0174. The van der Waals surface area contributed by atoms with Crippen LogP contribution in [0.4, 0.5) is 0 Å². The quantitative estimate of drug-likeness (QED) is 0.414. The molecule has 0 heterocycles. The second-order valence-corrected chi connectivity index (χ2v) is 14.6. The first-order valence-electron chi connectivity index (χ1n) is 13.4. The Morgan fingerprint density at radius 1 is 0.879 bits per heavy atom. The van der Waals surface area contributed by atoms with Gasteiger partial charge in [-0.1, -0.05) is 54.0 Å². The Kier molecular flexibility index (Phi) is 4.77. The third-order valence-corrected chi connectivity index (χ3v) is 12.6. The van der Waals surface area contributed by atoms with Crippen LogP contribution in [0.1, 0.15) is 106 Å². The molecule has 4 fully saturated rings. The lowest BCUT2D eigenvalue weighted by atomic mass is 9.33. The van der Waals surface area contributed by atoms with Crippen molar-refractivity contribution in [3.8, 4) is 0 Å². The van der Waals surface area contributed by atoms with E-state index < -0.39 is 0 Å². The van der Waals surface area contributed by atoms with Gasteiger partial charge < -0.3 is 4.79 Å². The summed E-state index contributed by atoms with van der Waals surface area (Å²) in [5.74, 6) is 1.26. The Labute approximate surface area is 200 Å². The molecule has 33 heavy (non-hydrogen) atoms. The molecule has 0 aliphatic heterocycles. The number of ketones is 2. The Balaban J connectivity index is 1.63. The molecular formula is C30H44O3. The van der Waals surface area contributed by atoms with Gasteiger partial charge in [-0.2, -0.15) is 0 Å². The number of carbonyl (C=O) groups is 3. The van der Waals surface area contributed by atoms with Crippen LogP contribution in [0, 0.1) is 50.2 Å². The Hall–Kier alpha value is -1.25. The van der Waals surface area contributed by atoms with Gasteiger partial charge in [-0.3, -0.25) is 9.59 Å². The van der Waals surface area contributed by atoms with Crippen molar-refractivity contribution in [1.29, 1.82) is 0 Å². The average molecular weight is 453 g/mol. The van der Waals surface area contributed by atoms with Crippen molar-refractivity contribution in [2.75, 3.05) is 0 Å². The lowest BCUT2D eigenvalue weighted by molar-refractivity contribution is -0.187. The number of rotatable bonds is 1. The summed E-state index contributed by atoms with van der Waals surface area (Å²) >= 11 is 0. The van der Waals surface area contributed by atoms with Gasteiger partial charge in [-0.05, 0) is 90.9 Å². The first-order valence-corrected chi connectivity index (χ1v) is 13.4. The van der Waals surface area contributed by atoms with E-state index in [4.69, 9.17) is 0 Å². The molecular weight excluding hydrogens is 408 g/mol. The summed E-state index contributed by atoms with van der Waals surface area (Å²) in [6.07, 6.45) is 12.0. The first-order chi connectivity index (χ1) is 15.2. The van der Waals surface area contributed by atoms with Gasteiger partial charge in [0.05, 0.1) is 0 Å². The van der Waals surface area contributed by atoms with Crippen LogP contribution in [0.3, 0.4) is 0 Å². The van der Waals surface area contributed by atoms with E-state index in [-0.39, 0.29) is 44.3 Å². The molecule has 0 aromatic heterocycles. The third-order valence-electron chi connectivity index (χ3n) is 12.6. The van der Waals surface area contributed by atoms with Gasteiger partial charge >= 0.3 is 0 Å². The molecule has 0 aromatic rings. The van der Waals surface area contributed by atoms with E-state index in [1.165, 1.54) is 18.3 Å². The first kappa shape index (κ1) is 23.5. The number of aldehydes is 1. The van der Waals surface area contributed by atoms with Gasteiger partial charge in [0.2, 0.25) is 0 Å². The summed E-state index contributed by atoms with van der Waals surface area (Å²) in [6.45, 7) is 16.0. The predicted octanol–water partition coefficient (Wildman–Crippen LogP) is 6.74. The molecule has 0 N–H and O–H groups in total. The van der Waals surface area contributed by atoms with E-state index in [2.05, 4.69) is 54.5 Å². The fourth-order valence-electron chi connectivity index (χ4n) is 10.1. The van der Waals surface area contributed by atoms with Crippen molar-refractivity contribution < 1.29 is 14.4 Å². The topological polar surface area (TPSA) is 51.2 Å². The van der Waals surface area contributed by atoms with Crippen molar-refractivity contribution in [2.24, 2.45) is 50.2 Å². The summed E-state index contributed by atoms with van der Waals surface area (Å²) in [7, 11) is 0. The monoisotopic (exact) mass is 452 g/mol. The molecule has 0 aromatic carbocycles. The standard InChI is InChI=1S/C30H44O3/c1-25(2)22-8-11-30(7)24(28(22,5)10-9-23(25)33)21(32)16-19-20-17-26(3,18-31)12-13-27(20,4)14-15-29(19,30)6/h16,18,20,22,24H,8-15,17H2,1-7H3/t20-,22+,24-,26+,27-,28+,29-,30-/m1/s1. The highest BCUT2D eigenvalue weighted by Gasteiger charge is 2.70. The number of hydrogen-bond acceptors (Lipinski definition) is 3. The van der Waals surface area contributed by atoms with Gasteiger partial charge in [0.15, 0.2) is 5.78 Å². The largest absolute Gasteiger partial charge is 0.303 e. The fraction of sp³-hybridized carbons (Fsp3) is 0.833. The van der Waals surface area contributed by atoms with Gasteiger partial charge in [-0.15, -0.1) is 0 Å². The van der Waals surface area contributed by atoms with Crippen molar-refractivity contribution in [1.82, 2.24) is 0 Å². The second-order valence-electron chi connectivity index (χ2n) is 14.6. The summed E-state index contributed by atoms with van der Waals surface area (Å²) < 4.78 is 0. The molecule has 0 radical (unpaired) electrons. The number of allylic oxidation sites excluding steroid dienone is 2. The van der Waals surface area contributed by atoms with Crippen molar-refractivity contribution >= 4 is 17.9 Å². The van der Waals surface area contributed by atoms with Gasteiger partial charge in [0, 0.05) is 23.2 Å². The molecule has 3 heteroatoms. The normalized spacial score (nSPS) is 53.2. The van der Waals surface area contributed by atoms with E-state index in [0.717, 1.165) is 44.9 Å². The van der Waals surface area contributed by atoms with Crippen LogP contribution in [0.15, 0.2) is 11.6 Å². The van der Waals surface area contributed by atoms with Gasteiger partial charge in [0.25, 0.3) is 0 Å². The van der Waals surface area contributed by atoms with E-state index in [9.17, 15) is 14.4 Å². The molecule has 0 unspecified atom stereocenters. The van der Waals surface area contributed by atoms with Crippen LogP contribution in [-0.4, -0.2) is 17.9 Å². The maximum atomic E-state index is 14.2. The summed E-state index contributed by atoms with van der Waals surface area (Å²) in [5, 5.41) is 0. The number of fused-ring (bicyclic) bond motifs is 7. The zero-order valence-electron chi connectivity index (χ0n) is 22.0. The van der Waals surface area contributed by atoms with Crippen LogP contribution in [0.5, 0.6) is 0 Å². The van der Waals surface area contributed by atoms with E-state index in [1.807, 2.05) is 0 Å². The van der Waals surface area contributed by atoms with Crippen LogP contribution >= 0.6 is 0 Å². The molecule has 0 spiro atoms. The van der Waals surface area contributed by atoms with Crippen molar-refractivity contribution in [3.63, 3.8) is 0 Å². The van der Waals surface area contributed by atoms with Crippen LogP contribution in [0.25, 0.3) is 0 Å². The molecule has 5 aliphatic rings. The molecule has 5 aliphatic carbocycles. The fourth-order valence-corrected chi connectivity index (χ4v) is 10.1.